The summed E-state index contributed by atoms with van der Waals surface area (Å²) in [5.41, 5.74) is 0.125. The number of rotatable bonds is 3. The Hall–Kier alpha value is -2.75. The lowest BCUT2D eigenvalue weighted by atomic mass is 9.75. The second kappa shape index (κ2) is 6.76. The van der Waals surface area contributed by atoms with Gasteiger partial charge in [-0.15, -0.1) is 0 Å². The number of halogens is 3. The maximum Gasteiger partial charge on any atom is 0.417 e. The number of hydrogen-bond donors (Lipinski definition) is 0. The lowest BCUT2D eigenvalue weighted by molar-refractivity contribution is -0.137. The zero-order chi connectivity index (χ0) is 19.8. The quantitative estimate of drug-likeness (QED) is 0.764. The van der Waals surface area contributed by atoms with Crippen molar-refractivity contribution >= 4 is 11.4 Å². The second-order valence-electron chi connectivity index (χ2n) is 7.51. The summed E-state index contributed by atoms with van der Waals surface area (Å²) in [6.07, 6.45) is 4.59. The minimum absolute atomic E-state index is 0.0994. The minimum Gasteiger partial charge on any atom is -0.368 e. The number of benzene rings is 1. The van der Waals surface area contributed by atoms with E-state index in [-0.39, 0.29) is 17.0 Å². The Morgan fingerprint density at radius 2 is 2.07 bits per heavy atom. The third-order valence-corrected chi connectivity index (χ3v) is 5.27. The van der Waals surface area contributed by atoms with Gasteiger partial charge in [0.25, 0.3) is 0 Å². The van der Waals surface area contributed by atoms with Crippen molar-refractivity contribution in [1.29, 1.82) is 5.26 Å². The Morgan fingerprint density at radius 1 is 1.33 bits per heavy atom. The number of likely N-dealkylation sites (N-methyl/N-ethyl adjacent to an activating group) is 1. The molecule has 0 saturated carbocycles. The summed E-state index contributed by atoms with van der Waals surface area (Å²) in [5.74, 6) is 0. The van der Waals surface area contributed by atoms with Gasteiger partial charge in [-0.3, -0.25) is 0 Å². The Morgan fingerprint density at radius 3 is 2.67 bits per heavy atom. The fourth-order valence-electron chi connectivity index (χ4n) is 3.61. The molecule has 3 rings (SSSR count). The van der Waals surface area contributed by atoms with Crippen molar-refractivity contribution in [3.8, 4) is 6.07 Å². The van der Waals surface area contributed by atoms with Crippen LogP contribution in [0.3, 0.4) is 0 Å². The van der Waals surface area contributed by atoms with E-state index in [2.05, 4.69) is 24.9 Å². The third-order valence-electron chi connectivity index (χ3n) is 5.27. The van der Waals surface area contributed by atoms with Crippen molar-refractivity contribution in [2.75, 3.05) is 11.9 Å². The van der Waals surface area contributed by atoms with E-state index in [1.54, 1.807) is 31.7 Å². The molecule has 2 aromatic rings. The SMILES string of the molecule is CN(c1ccc(C#N)c(C(F)(F)F)c1)[C@@H]1C=C(n2ccnc2)CCC1(C)C. The Balaban J connectivity index is 2.02. The normalized spacial score (nSPS) is 19.3. The Kier molecular flexibility index (Phi) is 4.77. The summed E-state index contributed by atoms with van der Waals surface area (Å²) in [5, 5.41) is 9.00. The van der Waals surface area contributed by atoms with Crippen molar-refractivity contribution in [1.82, 2.24) is 9.55 Å². The fraction of sp³-hybridized carbons (Fsp3) is 0.400. The van der Waals surface area contributed by atoms with Gasteiger partial charge in [-0.2, -0.15) is 18.4 Å². The molecule has 0 fully saturated rings. The molecule has 0 bridgehead atoms. The summed E-state index contributed by atoms with van der Waals surface area (Å²) < 4.78 is 41.9. The van der Waals surface area contributed by atoms with Gasteiger partial charge in [0.15, 0.2) is 0 Å². The summed E-state index contributed by atoms with van der Waals surface area (Å²) in [4.78, 5) is 5.93. The highest BCUT2D eigenvalue weighted by molar-refractivity contribution is 5.58. The molecule has 0 saturated heterocycles. The van der Waals surface area contributed by atoms with Crippen LogP contribution in [0.5, 0.6) is 0 Å². The van der Waals surface area contributed by atoms with Gasteiger partial charge >= 0.3 is 6.18 Å². The summed E-state index contributed by atoms with van der Waals surface area (Å²) in [6.45, 7) is 4.23. The van der Waals surface area contributed by atoms with Crippen LogP contribution in [0.25, 0.3) is 5.70 Å². The number of nitriles is 1. The molecule has 1 aromatic carbocycles. The van der Waals surface area contributed by atoms with E-state index in [0.717, 1.165) is 24.6 Å². The van der Waals surface area contributed by atoms with Crippen molar-refractivity contribution in [2.24, 2.45) is 5.41 Å². The predicted molar refractivity (Wildman–Crippen MR) is 97.9 cm³/mol. The highest BCUT2D eigenvalue weighted by Crippen LogP contribution is 2.41. The van der Waals surface area contributed by atoms with Crippen LogP contribution in [0.1, 0.15) is 37.8 Å². The van der Waals surface area contributed by atoms with Crippen LogP contribution < -0.4 is 4.90 Å². The molecule has 1 atom stereocenters. The number of hydrogen-bond acceptors (Lipinski definition) is 3. The van der Waals surface area contributed by atoms with Crippen molar-refractivity contribution in [3.05, 3.63) is 54.1 Å². The highest BCUT2D eigenvalue weighted by Gasteiger charge is 2.37. The monoisotopic (exact) mass is 374 g/mol. The molecule has 0 unspecified atom stereocenters. The summed E-state index contributed by atoms with van der Waals surface area (Å²) in [7, 11) is 1.79. The van der Waals surface area contributed by atoms with Crippen LogP contribution >= 0.6 is 0 Å². The lowest BCUT2D eigenvalue weighted by Gasteiger charge is -2.43. The number of nitrogens with zero attached hydrogens (tertiary/aromatic N) is 4. The molecule has 0 radical (unpaired) electrons. The van der Waals surface area contributed by atoms with Crippen LogP contribution in [0.2, 0.25) is 0 Å². The number of allylic oxidation sites excluding steroid dienone is 1. The average molecular weight is 374 g/mol. The molecule has 0 aliphatic heterocycles. The molecule has 142 valence electrons. The van der Waals surface area contributed by atoms with Gasteiger partial charge in [-0.25, -0.2) is 4.98 Å². The largest absolute Gasteiger partial charge is 0.417 e. The van der Waals surface area contributed by atoms with Gasteiger partial charge < -0.3 is 9.47 Å². The van der Waals surface area contributed by atoms with Gasteiger partial charge in [0.05, 0.1) is 29.6 Å². The highest BCUT2D eigenvalue weighted by atomic mass is 19.4. The summed E-state index contributed by atoms with van der Waals surface area (Å²) >= 11 is 0. The topological polar surface area (TPSA) is 44.9 Å². The van der Waals surface area contributed by atoms with E-state index in [1.165, 1.54) is 6.07 Å². The first-order valence-corrected chi connectivity index (χ1v) is 8.67. The molecule has 1 aromatic heterocycles. The van der Waals surface area contributed by atoms with E-state index in [9.17, 15) is 13.2 Å². The molecule has 27 heavy (non-hydrogen) atoms. The maximum absolute atomic E-state index is 13.3. The minimum atomic E-state index is -4.57. The van der Waals surface area contributed by atoms with Gasteiger partial charge in [0.1, 0.15) is 0 Å². The molecule has 0 N–H and O–H groups in total. The molecule has 1 aliphatic carbocycles. The van der Waals surface area contributed by atoms with Gasteiger partial charge in [-0.1, -0.05) is 13.8 Å². The van der Waals surface area contributed by atoms with Crippen LogP contribution in [-0.4, -0.2) is 22.6 Å². The van der Waals surface area contributed by atoms with Crippen LogP contribution in [0.15, 0.2) is 43.0 Å². The van der Waals surface area contributed by atoms with Gasteiger partial charge in [0, 0.05) is 30.8 Å². The number of alkyl halides is 3. The molecular weight excluding hydrogens is 353 g/mol. The number of anilines is 1. The van der Waals surface area contributed by atoms with Gasteiger partial charge in [0.2, 0.25) is 0 Å². The first-order valence-electron chi connectivity index (χ1n) is 8.67. The average Bonchev–Trinajstić information content (AvgIpc) is 3.14. The Bertz CT molecular complexity index is 889. The first-order chi connectivity index (χ1) is 12.6. The molecule has 1 aliphatic rings. The van der Waals surface area contributed by atoms with E-state index in [1.807, 2.05) is 15.7 Å². The van der Waals surface area contributed by atoms with E-state index < -0.39 is 11.7 Å². The van der Waals surface area contributed by atoms with Crippen molar-refractivity contribution in [2.45, 2.75) is 38.9 Å². The fourth-order valence-corrected chi connectivity index (χ4v) is 3.61. The predicted octanol–water partition coefficient (Wildman–Crippen LogP) is 4.94. The standard InChI is InChI=1S/C20H21F3N4/c1-19(2)7-6-16(27-9-8-25-13-27)11-18(19)26(3)15-5-4-14(12-24)17(10-15)20(21,22)23/h4-5,8-11,13,18H,6-7H2,1-3H3/t18-/m1/s1. The molecule has 0 amide bonds. The zero-order valence-corrected chi connectivity index (χ0v) is 15.5. The number of imidazole rings is 1. The van der Waals surface area contributed by atoms with E-state index in [0.29, 0.717) is 5.69 Å². The van der Waals surface area contributed by atoms with Crippen molar-refractivity contribution in [3.63, 3.8) is 0 Å². The summed E-state index contributed by atoms with van der Waals surface area (Å²) in [6, 6.07) is 5.41. The maximum atomic E-state index is 13.3. The third kappa shape index (κ3) is 3.70. The molecular formula is C20H21F3N4. The molecule has 7 heteroatoms. The molecule has 4 nitrogen and oxygen atoms in total. The van der Waals surface area contributed by atoms with Crippen LogP contribution in [0, 0.1) is 16.7 Å². The van der Waals surface area contributed by atoms with E-state index in [4.69, 9.17) is 5.26 Å². The van der Waals surface area contributed by atoms with Gasteiger partial charge in [-0.05, 0) is 42.5 Å². The lowest BCUT2D eigenvalue weighted by Crippen LogP contribution is -2.44. The van der Waals surface area contributed by atoms with E-state index >= 15 is 0 Å². The van der Waals surface area contributed by atoms with Crippen LogP contribution in [0.4, 0.5) is 18.9 Å². The van der Waals surface area contributed by atoms with Crippen molar-refractivity contribution < 1.29 is 13.2 Å². The molecule has 1 heterocycles. The Labute approximate surface area is 156 Å². The van der Waals surface area contributed by atoms with Crippen LogP contribution in [-0.2, 0) is 6.18 Å². The zero-order valence-electron chi connectivity index (χ0n) is 15.5. The number of aromatic nitrogens is 2. The first kappa shape index (κ1) is 19.0. The molecule has 0 spiro atoms. The smallest absolute Gasteiger partial charge is 0.368 e. The second-order valence-corrected chi connectivity index (χ2v) is 7.51.